The molecule has 0 spiro atoms. The highest BCUT2D eigenvalue weighted by Gasteiger charge is 2.10. The highest BCUT2D eigenvalue weighted by atomic mass is 19.2. The SMILES string of the molecule is COc1ccc(C(=O)N/N=C/c2cccc(F)c2F)cc1OC. The van der Waals surface area contributed by atoms with Gasteiger partial charge in [0.15, 0.2) is 23.1 Å². The number of hydrazone groups is 1. The van der Waals surface area contributed by atoms with E-state index in [0.29, 0.717) is 11.5 Å². The van der Waals surface area contributed by atoms with Crippen LogP contribution in [0.2, 0.25) is 0 Å². The largest absolute Gasteiger partial charge is 0.493 e. The number of ether oxygens (including phenoxy) is 2. The summed E-state index contributed by atoms with van der Waals surface area (Å²) in [6.45, 7) is 0. The summed E-state index contributed by atoms with van der Waals surface area (Å²) in [5, 5.41) is 3.61. The van der Waals surface area contributed by atoms with E-state index in [1.807, 2.05) is 0 Å². The maximum absolute atomic E-state index is 13.4. The molecule has 0 aromatic heterocycles. The molecule has 5 nitrogen and oxygen atoms in total. The van der Waals surface area contributed by atoms with Crippen LogP contribution in [0.3, 0.4) is 0 Å². The van der Waals surface area contributed by atoms with Gasteiger partial charge in [-0.25, -0.2) is 14.2 Å². The summed E-state index contributed by atoms with van der Waals surface area (Å²) in [6, 6.07) is 8.25. The fraction of sp³-hybridized carbons (Fsp3) is 0.125. The van der Waals surface area contributed by atoms with Crippen LogP contribution >= 0.6 is 0 Å². The van der Waals surface area contributed by atoms with Crippen LogP contribution in [0.4, 0.5) is 8.78 Å². The van der Waals surface area contributed by atoms with Crippen LogP contribution in [0.15, 0.2) is 41.5 Å². The molecule has 0 fully saturated rings. The monoisotopic (exact) mass is 320 g/mol. The first-order valence-electron chi connectivity index (χ1n) is 6.56. The van der Waals surface area contributed by atoms with Crippen LogP contribution in [0.1, 0.15) is 15.9 Å². The second-order valence-corrected chi connectivity index (χ2v) is 4.41. The summed E-state index contributed by atoms with van der Waals surface area (Å²) in [5.41, 5.74) is 2.43. The van der Waals surface area contributed by atoms with Crippen molar-refractivity contribution in [3.8, 4) is 11.5 Å². The molecule has 0 aliphatic carbocycles. The minimum atomic E-state index is -1.03. The molecule has 1 N–H and O–H groups in total. The van der Waals surface area contributed by atoms with Gasteiger partial charge in [-0.1, -0.05) is 12.1 Å². The van der Waals surface area contributed by atoms with Gasteiger partial charge in [-0.05, 0) is 24.3 Å². The summed E-state index contributed by atoms with van der Waals surface area (Å²) < 4.78 is 36.6. The number of hydrogen-bond donors (Lipinski definition) is 1. The van der Waals surface area contributed by atoms with Gasteiger partial charge in [0.25, 0.3) is 5.91 Å². The molecule has 0 aliphatic rings. The Hall–Kier alpha value is -2.96. The number of amides is 1. The quantitative estimate of drug-likeness (QED) is 0.681. The average molecular weight is 320 g/mol. The maximum atomic E-state index is 13.4. The van der Waals surface area contributed by atoms with Gasteiger partial charge in [0.05, 0.1) is 20.4 Å². The van der Waals surface area contributed by atoms with Crippen LogP contribution in [0, 0.1) is 11.6 Å². The van der Waals surface area contributed by atoms with Gasteiger partial charge in [0, 0.05) is 11.1 Å². The predicted molar refractivity (Wildman–Crippen MR) is 81.0 cm³/mol. The molecule has 1 amide bonds. The molecule has 0 radical (unpaired) electrons. The molecule has 0 unspecified atom stereocenters. The van der Waals surface area contributed by atoms with Crippen LogP contribution < -0.4 is 14.9 Å². The van der Waals surface area contributed by atoms with Crippen molar-refractivity contribution in [2.75, 3.05) is 14.2 Å². The summed E-state index contributed by atoms with van der Waals surface area (Å²) in [6.07, 6.45) is 1.02. The average Bonchev–Trinajstić information content (AvgIpc) is 2.57. The Morgan fingerprint density at radius 3 is 2.57 bits per heavy atom. The standard InChI is InChI=1S/C16H14F2N2O3/c1-22-13-7-6-10(8-14(13)23-2)16(21)20-19-9-11-4-3-5-12(17)15(11)18/h3-9H,1-2H3,(H,20,21)/b19-9+. The Morgan fingerprint density at radius 2 is 1.87 bits per heavy atom. The summed E-state index contributed by atoms with van der Waals surface area (Å²) in [5.74, 6) is -1.68. The van der Waals surface area contributed by atoms with Crippen molar-refractivity contribution in [3.63, 3.8) is 0 Å². The Morgan fingerprint density at radius 1 is 1.13 bits per heavy atom. The highest BCUT2D eigenvalue weighted by Crippen LogP contribution is 2.27. The van der Waals surface area contributed by atoms with Gasteiger partial charge < -0.3 is 9.47 Å². The van der Waals surface area contributed by atoms with Crippen LogP contribution in [-0.2, 0) is 0 Å². The molecule has 0 bridgehead atoms. The van der Waals surface area contributed by atoms with E-state index in [4.69, 9.17) is 9.47 Å². The van der Waals surface area contributed by atoms with Crippen LogP contribution in [0.5, 0.6) is 11.5 Å². The molecule has 23 heavy (non-hydrogen) atoms. The minimum absolute atomic E-state index is 0.0717. The Labute approximate surface area is 131 Å². The number of halogens is 2. The topological polar surface area (TPSA) is 59.9 Å². The molecule has 0 saturated carbocycles. The number of carbonyl (C=O) groups is 1. The van der Waals surface area contributed by atoms with Gasteiger partial charge >= 0.3 is 0 Å². The smallest absolute Gasteiger partial charge is 0.271 e. The normalized spacial score (nSPS) is 10.6. The molecule has 0 atom stereocenters. The van der Waals surface area contributed by atoms with Crippen molar-refractivity contribution in [1.82, 2.24) is 5.43 Å². The maximum Gasteiger partial charge on any atom is 0.271 e. The van der Waals surface area contributed by atoms with Crippen molar-refractivity contribution >= 4 is 12.1 Å². The molecule has 2 aromatic rings. The van der Waals surface area contributed by atoms with E-state index in [2.05, 4.69) is 10.5 Å². The third-order valence-corrected chi connectivity index (χ3v) is 3.00. The molecule has 2 aromatic carbocycles. The molecule has 0 saturated heterocycles. The fourth-order valence-corrected chi connectivity index (χ4v) is 1.82. The van der Waals surface area contributed by atoms with Crippen molar-refractivity contribution in [2.24, 2.45) is 5.10 Å². The minimum Gasteiger partial charge on any atom is -0.493 e. The molecular formula is C16H14F2N2O3. The molecule has 0 heterocycles. The van der Waals surface area contributed by atoms with E-state index in [0.717, 1.165) is 12.3 Å². The van der Waals surface area contributed by atoms with Gasteiger partial charge in [-0.3, -0.25) is 4.79 Å². The lowest BCUT2D eigenvalue weighted by atomic mass is 10.2. The Bertz CT molecular complexity index is 748. The van der Waals surface area contributed by atoms with Crippen LogP contribution in [-0.4, -0.2) is 26.3 Å². The number of methoxy groups -OCH3 is 2. The van der Waals surface area contributed by atoms with Crippen LogP contribution in [0.25, 0.3) is 0 Å². The predicted octanol–water partition coefficient (Wildman–Crippen LogP) is 2.75. The summed E-state index contributed by atoms with van der Waals surface area (Å²) in [4.78, 5) is 12.0. The third kappa shape index (κ3) is 3.82. The summed E-state index contributed by atoms with van der Waals surface area (Å²) in [7, 11) is 2.93. The number of carbonyl (C=O) groups excluding carboxylic acids is 1. The van der Waals surface area contributed by atoms with E-state index >= 15 is 0 Å². The number of hydrogen-bond acceptors (Lipinski definition) is 4. The number of nitrogens with zero attached hydrogens (tertiary/aromatic N) is 1. The zero-order valence-corrected chi connectivity index (χ0v) is 12.5. The Kier molecular flexibility index (Phi) is 5.24. The molecule has 7 heteroatoms. The van der Waals surface area contributed by atoms with Crippen molar-refractivity contribution in [1.29, 1.82) is 0 Å². The van der Waals surface area contributed by atoms with E-state index < -0.39 is 17.5 Å². The van der Waals surface area contributed by atoms with Crippen molar-refractivity contribution < 1.29 is 23.0 Å². The lowest BCUT2D eigenvalue weighted by Gasteiger charge is -2.08. The molecule has 2 rings (SSSR count). The van der Waals surface area contributed by atoms with E-state index in [-0.39, 0.29) is 11.1 Å². The first-order valence-corrected chi connectivity index (χ1v) is 6.56. The fourth-order valence-electron chi connectivity index (χ4n) is 1.82. The number of nitrogens with one attached hydrogen (secondary N) is 1. The van der Waals surface area contributed by atoms with Gasteiger partial charge in [0.1, 0.15) is 0 Å². The van der Waals surface area contributed by atoms with E-state index in [9.17, 15) is 13.6 Å². The first-order chi connectivity index (χ1) is 11.1. The molecule has 120 valence electrons. The highest BCUT2D eigenvalue weighted by molar-refractivity contribution is 5.95. The second-order valence-electron chi connectivity index (χ2n) is 4.41. The second kappa shape index (κ2) is 7.35. The summed E-state index contributed by atoms with van der Waals surface area (Å²) >= 11 is 0. The number of benzene rings is 2. The van der Waals surface area contributed by atoms with E-state index in [1.54, 1.807) is 6.07 Å². The van der Waals surface area contributed by atoms with Crippen molar-refractivity contribution in [2.45, 2.75) is 0 Å². The number of rotatable bonds is 5. The third-order valence-electron chi connectivity index (χ3n) is 3.00. The first kappa shape index (κ1) is 16.4. The van der Waals surface area contributed by atoms with Gasteiger partial charge in [-0.15, -0.1) is 0 Å². The van der Waals surface area contributed by atoms with Crippen molar-refractivity contribution in [3.05, 3.63) is 59.2 Å². The zero-order chi connectivity index (χ0) is 16.8. The molecule has 0 aliphatic heterocycles. The zero-order valence-electron chi connectivity index (χ0n) is 12.5. The van der Waals surface area contributed by atoms with Gasteiger partial charge in [0.2, 0.25) is 0 Å². The molecular weight excluding hydrogens is 306 g/mol. The lowest BCUT2D eigenvalue weighted by Crippen LogP contribution is -2.17. The van der Waals surface area contributed by atoms with Gasteiger partial charge in [-0.2, -0.15) is 5.10 Å². The van der Waals surface area contributed by atoms with E-state index in [1.165, 1.54) is 38.5 Å². The Balaban J connectivity index is 2.10. The lowest BCUT2D eigenvalue weighted by molar-refractivity contribution is 0.0954.